The molecule has 0 saturated heterocycles. The lowest BCUT2D eigenvalue weighted by atomic mass is 10.3. The summed E-state index contributed by atoms with van der Waals surface area (Å²) in [4.78, 5) is 13.7. The van der Waals surface area contributed by atoms with Gasteiger partial charge in [-0.05, 0) is 19.3 Å². The summed E-state index contributed by atoms with van der Waals surface area (Å²) in [6.07, 6.45) is 3.64. The number of rotatable bonds is 9. The minimum absolute atomic E-state index is 0.0472. The molecule has 0 atom stereocenters. The maximum absolute atomic E-state index is 11.6. The number of nitrogens with one attached hydrogen (secondary N) is 1. The van der Waals surface area contributed by atoms with Gasteiger partial charge in [-0.15, -0.1) is 0 Å². The van der Waals surface area contributed by atoms with E-state index in [2.05, 4.69) is 16.3 Å². The second kappa shape index (κ2) is 8.04. The molecule has 0 aromatic carbocycles. The Kier molecular flexibility index (Phi) is 6.60. The predicted molar refractivity (Wildman–Crippen MR) is 64.3 cm³/mol. The van der Waals surface area contributed by atoms with Crippen LogP contribution in [0.4, 0.5) is 0 Å². The monoisotopic (exact) mass is 239 g/mol. The van der Waals surface area contributed by atoms with Crippen molar-refractivity contribution in [3.8, 4) is 6.07 Å². The van der Waals surface area contributed by atoms with Crippen molar-refractivity contribution in [1.82, 2.24) is 10.2 Å². The van der Waals surface area contributed by atoms with Gasteiger partial charge >= 0.3 is 0 Å². The van der Waals surface area contributed by atoms with Gasteiger partial charge in [0.1, 0.15) is 0 Å². The van der Waals surface area contributed by atoms with Crippen molar-refractivity contribution in [2.75, 3.05) is 33.4 Å². The molecule has 5 nitrogen and oxygen atoms in total. The van der Waals surface area contributed by atoms with Gasteiger partial charge in [-0.25, -0.2) is 0 Å². The number of ether oxygens (including phenoxy) is 1. The number of nitriles is 1. The highest BCUT2D eigenvalue weighted by Gasteiger charge is 2.29. The van der Waals surface area contributed by atoms with Gasteiger partial charge in [0.05, 0.1) is 12.6 Å². The van der Waals surface area contributed by atoms with E-state index in [1.807, 2.05) is 0 Å². The van der Waals surface area contributed by atoms with Gasteiger partial charge in [-0.3, -0.25) is 9.69 Å². The molecule has 96 valence electrons. The number of nitrogens with zero attached hydrogens (tertiary/aromatic N) is 2. The van der Waals surface area contributed by atoms with Crippen LogP contribution in [0.3, 0.4) is 0 Å². The molecule has 0 bridgehead atoms. The number of methoxy groups -OCH3 is 1. The second-order valence-electron chi connectivity index (χ2n) is 4.31. The lowest BCUT2D eigenvalue weighted by Crippen LogP contribution is -2.39. The Balaban J connectivity index is 2.15. The molecule has 0 aromatic rings. The van der Waals surface area contributed by atoms with E-state index < -0.39 is 0 Å². The van der Waals surface area contributed by atoms with Crippen LogP contribution in [0, 0.1) is 11.3 Å². The zero-order chi connectivity index (χ0) is 12.5. The van der Waals surface area contributed by atoms with Crippen LogP contribution in [0.1, 0.15) is 25.7 Å². The third-order valence-electron chi connectivity index (χ3n) is 2.77. The van der Waals surface area contributed by atoms with E-state index in [1.54, 1.807) is 7.11 Å². The topological polar surface area (TPSA) is 65.4 Å². The van der Waals surface area contributed by atoms with Gasteiger partial charge in [-0.1, -0.05) is 0 Å². The van der Waals surface area contributed by atoms with E-state index in [9.17, 15) is 4.79 Å². The summed E-state index contributed by atoms with van der Waals surface area (Å²) in [5, 5.41) is 11.4. The van der Waals surface area contributed by atoms with Crippen LogP contribution >= 0.6 is 0 Å². The average molecular weight is 239 g/mol. The molecular formula is C12H21N3O2. The van der Waals surface area contributed by atoms with Crippen LogP contribution in [-0.2, 0) is 9.53 Å². The molecule has 1 amide bonds. The van der Waals surface area contributed by atoms with E-state index in [-0.39, 0.29) is 5.91 Å². The van der Waals surface area contributed by atoms with Crippen molar-refractivity contribution in [3.05, 3.63) is 0 Å². The van der Waals surface area contributed by atoms with E-state index >= 15 is 0 Å². The lowest BCUT2D eigenvalue weighted by molar-refractivity contribution is -0.122. The molecule has 0 aliphatic heterocycles. The molecule has 0 heterocycles. The van der Waals surface area contributed by atoms with E-state index in [4.69, 9.17) is 10.00 Å². The van der Waals surface area contributed by atoms with Crippen molar-refractivity contribution in [3.63, 3.8) is 0 Å². The largest absolute Gasteiger partial charge is 0.385 e. The summed E-state index contributed by atoms with van der Waals surface area (Å²) >= 11 is 0. The predicted octanol–water partition coefficient (Wildman–Crippen LogP) is 0.517. The zero-order valence-corrected chi connectivity index (χ0v) is 10.4. The van der Waals surface area contributed by atoms with Crippen LogP contribution in [0.15, 0.2) is 0 Å². The molecule has 0 aromatic heterocycles. The summed E-state index contributed by atoms with van der Waals surface area (Å²) in [5.41, 5.74) is 0. The molecular weight excluding hydrogens is 218 g/mol. The number of hydrogen-bond acceptors (Lipinski definition) is 4. The lowest BCUT2D eigenvalue weighted by Gasteiger charge is -2.19. The Bertz CT molecular complexity index is 271. The smallest absolute Gasteiger partial charge is 0.234 e. The second-order valence-corrected chi connectivity index (χ2v) is 4.31. The van der Waals surface area contributed by atoms with Crippen LogP contribution in [-0.4, -0.2) is 50.2 Å². The third-order valence-corrected chi connectivity index (χ3v) is 2.77. The van der Waals surface area contributed by atoms with E-state index in [1.165, 1.54) is 0 Å². The zero-order valence-electron chi connectivity index (χ0n) is 10.4. The fraction of sp³-hybridized carbons (Fsp3) is 0.833. The first-order valence-electron chi connectivity index (χ1n) is 6.14. The Morgan fingerprint density at radius 2 is 2.35 bits per heavy atom. The first-order chi connectivity index (χ1) is 8.27. The number of carbonyl (C=O) groups is 1. The highest BCUT2D eigenvalue weighted by molar-refractivity contribution is 5.78. The molecule has 0 unspecified atom stereocenters. The minimum Gasteiger partial charge on any atom is -0.385 e. The summed E-state index contributed by atoms with van der Waals surface area (Å²) in [7, 11) is 1.65. The third kappa shape index (κ3) is 6.25. The van der Waals surface area contributed by atoms with Crippen LogP contribution < -0.4 is 5.32 Å². The first kappa shape index (κ1) is 13.9. The van der Waals surface area contributed by atoms with Gasteiger partial charge < -0.3 is 10.1 Å². The van der Waals surface area contributed by atoms with Gasteiger partial charge in [-0.2, -0.15) is 5.26 Å². The molecule has 1 fully saturated rings. The average Bonchev–Trinajstić information content (AvgIpc) is 3.14. The Morgan fingerprint density at radius 1 is 1.59 bits per heavy atom. The Morgan fingerprint density at radius 3 is 2.94 bits per heavy atom. The number of amides is 1. The number of hydrogen-bond donors (Lipinski definition) is 1. The van der Waals surface area contributed by atoms with Gasteiger partial charge in [0.25, 0.3) is 0 Å². The minimum atomic E-state index is 0.0472. The molecule has 5 heteroatoms. The molecule has 1 aliphatic rings. The van der Waals surface area contributed by atoms with Crippen LogP contribution in [0.2, 0.25) is 0 Å². The molecule has 17 heavy (non-hydrogen) atoms. The SMILES string of the molecule is COCCCNC(=O)CN(CCC#N)C1CC1. The van der Waals surface area contributed by atoms with Gasteiger partial charge in [0.2, 0.25) is 5.91 Å². The van der Waals surface area contributed by atoms with Crippen molar-refractivity contribution >= 4 is 5.91 Å². The standard InChI is InChI=1S/C12H21N3O2/c1-17-9-3-7-14-12(16)10-15(8-2-6-13)11-4-5-11/h11H,2-5,7-10H2,1H3,(H,14,16). The molecule has 1 aliphatic carbocycles. The summed E-state index contributed by atoms with van der Waals surface area (Å²) in [6, 6.07) is 2.65. The maximum Gasteiger partial charge on any atom is 0.234 e. The summed E-state index contributed by atoms with van der Waals surface area (Å²) in [6.45, 7) is 2.44. The van der Waals surface area contributed by atoms with Crippen molar-refractivity contribution in [2.24, 2.45) is 0 Å². The van der Waals surface area contributed by atoms with Crippen molar-refractivity contribution in [1.29, 1.82) is 5.26 Å². The molecule has 0 spiro atoms. The van der Waals surface area contributed by atoms with Gasteiger partial charge in [0, 0.05) is 39.3 Å². The molecule has 1 N–H and O–H groups in total. The van der Waals surface area contributed by atoms with Crippen LogP contribution in [0.25, 0.3) is 0 Å². The number of carbonyl (C=O) groups excluding carboxylic acids is 1. The summed E-state index contributed by atoms with van der Waals surface area (Å²) < 4.78 is 4.91. The highest BCUT2D eigenvalue weighted by atomic mass is 16.5. The first-order valence-corrected chi connectivity index (χ1v) is 6.14. The van der Waals surface area contributed by atoms with E-state index in [0.29, 0.717) is 38.7 Å². The van der Waals surface area contributed by atoms with Crippen molar-refractivity contribution < 1.29 is 9.53 Å². The highest BCUT2D eigenvalue weighted by Crippen LogP contribution is 2.26. The molecule has 0 radical (unpaired) electrons. The summed E-state index contributed by atoms with van der Waals surface area (Å²) in [5.74, 6) is 0.0472. The quantitative estimate of drug-likeness (QED) is 0.596. The van der Waals surface area contributed by atoms with Crippen LogP contribution in [0.5, 0.6) is 0 Å². The Labute approximate surface area is 103 Å². The maximum atomic E-state index is 11.6. The van der Waals surface area contributed by atoms with Crippen molar-refractivity contribution in [2.45, 2.75) is 31.7 Å². The normalized spacial score (nSPS) is 14.6. The van der Waals surface area contributed by atoms with Gasteiger partial charge in [0.15, 0.2) is 0 Å². The Hall–Kier alpha value is -1.12. The fourth-order valence-electron chi connectivity index (χ4n) is 1.71. The molecule has 1 rings (SSSR count). The fourth-order valence-corrected chi connectivity index (χ4v) is 1.71. The van der Waals surface area contributed by atoms with E-state index in [0.717, 1.165) is 19.3 Å². The molecule has 1 saturated carbocycles.